The maximum Gasteiger partial charge on any atom is 1.00 e. The first-order valence-electron chi connectivity index (χ1n) is 12.4. The van der Waals surface area contributed by atoms with E-state index in [9.17, 15) is 14.4 Å². The minimum atomic E-state index is -0.733. The van der Waals surface area contributed by atoms with Gasteiger partial charge >= 0.3 is 57.4 Å². The van der Waals surface area contributed by atoms with Gasteiger partial charge in [0.05, 0.1) is 18.0 Å². The van der Waals surface area contributed by atoms with E-state index >= 15 is 0 Å². The van der Waals surface area contributed by atoms with Crippen LogP contribution in [0, 0.1) is 0 Å². The van der Waals surface area contributed by atoms with Gasteiger partial charge in [-0.3, -0.25) is 4.79 Å². The molecule has 198 valence electrons. The van der Waals surface area contributed by atoms with Gasteiger partial charge in [0, 0.05) is 30.0 Å². The van der Waals surface area contributed by atoms with E-state index in [0.29, 0.717) is 24.6 Å². The largest absolute Gasteiger partial charge is 1.00 e. The van der Waals surface area contributed by atoms with Gasteiger partial charge in [-0.15, -0.1) is 11.1 Å². The van der Waals surface area contributed by atoms with Gasteiger partial charge in [-0.2, -0.15) is 11.8 Å². The fraction of sp³-hybridized carbons (Fsp3) is 0.875. The molecular formula is C24H46KN6O3S-. The Labute approximate surface area is 259 Å². The fourth-order valence-corrected chi connectivity index (χ4v) is 5.76. The number of thioether (sulfide) groups is 1. The van der Waals surface area contributed by atoms with Crippen LogP contribution in [0.2, 0.25) is 0 Å². The minimum Gasteiger partial charge on any atom is -0.666 e. The molecule has 35 heavy (non-hydrogen) atoms. The third-order valence-corrected chi connectivity index (χ3v) is 6.86. The number of urea groups is 1. The van der Waals surface area contributed by atoms with Crippen molar-refractivity contribution < 1.29 is 65.8 Å². The number of amides is 4. The zero-order valence-corrected chi connectivity index (χ0v) is 26.8. The van der Waals surface area contributed by atoms with Gasteiger partial charge in [-0.1, -0.05) is 48.0 Å². The van der Waals surface area contributed by atoms with Crippen molar-refractivity contribution in [1.29, 1.82) is 0 Å². The average Bonchev–Trinajstić information content (AvgIpc) is 3.21. The third kappa shape index (κ3) is 16.5. The quantitative estimate of drug-likeness (QED) is 0.175. The van der Waals surface area contributed by atoms with E-state index in [4.69, 9.17) is 11.5 Å². The van der Waals surface area contributed by atoms with E-state index in [1.165, 1.54) is 0 Å². The Morgan fingerprint density at radius 3 is 2.29 bits per heavy atom. The van der Waals surface area contributed by atoms with Crippen LogP contribution in [0.1, 0.15) is 86.5 Å². The van der Waals surface area contributed by atoms with Crippen molar-refractivity contribution in [1.82, 2.24) is 16.0 Å². The zero-order valence-electron chi connectivity index (χ0n) is 22.8. The number of nitrogens with one attached hydrogen (secondary N) is 4. The maximum absolute atomic E-state index is 11.8. The third-order valence-electron chi connectivity index (χ3n) is 5.35. The van der Waals surface area contributed by atoms with Gasteiger partial charge in [0.25, 0.3) is 0 Å². The number of fused-ring (bicyclic) bond motifs is 1. The Balaban J connectivity index is 0.000000989. The molecule has 0 spiro atoms. The van der Waals surface area contributed by atoms with Crippen LogP contribution in [-0.4, -0.2) is 64.6 Å². The van der Waals surface area contributed by atoms with Crippen LogP contribution in [0.5, 0.6) is 0 Å². The SMILES string of the molecule is CC(C)(C)[N-]C(C)(C)C.[K+].[NH-]C(=O)C(N)CCCCNC(=O)CCCCC1SCC2NC(=O)NC21. The molecule has 6 N–H and O–H groups in total. The fourth-order valence-electron chi connectivity index (χ4n) is 4.22. The van der Waals surface area contributed by atoms with Crippen molar-refractivity contribution in [2.75, 3.05) is 12.3 Å². The molecule has 0 radical (unpaired) electrons. The van der Waals surface area contributed by atoms with Crippen LogP contribution in [0.15, 0.2) is 0 Å². The molecule has 2 aliphatic heterocycles. The number of carbonyl (C=O) groups is 3. The van der Waals surface area contributed by atoms with Gasteiger partial charge < -0.3 is 37.5 Å². The first-order valence-corrected chi connectivity index (χ1v) is 13.4. The van der Waals surface area contributed by atoms with Crippen LogP contribution >= 0.6 is 11.8 Å². The van der Waals surface area contributed by atoms with Crippen LogP contribution in [0.25, 0.3) is 11.1 Å². The maximum atomic E-state index is 11.8. The van der Waals surface area contributed by atoms with E-state index in [0.717, 1.165) is 37.9 Å². The Morgan fingerprint density at radius 2 is 1.74 bits per heavy atom. The number of nitrogens with zero attached hydrogens (tertiary/aromatic N) is 1. The number of carbonyl (C=O) groups excluding carboxylic acids is 3. The smallest absolute Gasteiger partial charge is 0.666 e. The van der Waals surface area contributed by atoms with Crippen LogP contribution in [-0.2, 0) is 9.59 Å². The molecule has 0 aliphatic carbocycles. The summed E-state index contributed by atoms with van der Waals surface area (Å²) in [5, 5.41) is 13.8. The summed E-state index contributed by atoms with van der Waals surface area (Å²) < 4.78 is 0. The van der Waals surface area contributed by atoms with Gasteiger partial charge in [0.1, 0.15) is 0 Å². The average molecular weight is 538 g/mol. The van der Waals surface area contributed by atoms with Crippen molar-refractivity contribution >= 4 is 29.6 Å². The second-order valence-electron chi connectivity index (χ2n) is 11.1. The molecule has 0 aromatic heterocycles. The summed E-state index contributed by atoms with van der Waals surface area (Å²) in [6, 6.07) is -0.283. The van der Waals surface area contributed by atoms with E-state index in [1.807, 2.05) is 11.8 Å². The molecule has 0 saturated carbocycles. The normalized spacial score (nSPS) is 22.0. The summed E-state index contributed by atoms with van der Waals surface area (Å²) in [6.07, 6.45) is 5.34. The molecule has 4 amide bonds. The number of rotatable bonds is 11. The van der Waals surface area contributed by atoms with Gasteiger partial charge in [-0.25, -0.2) is 4.79 Å². The summed E-state index contributed by atoms with van der Waals surface area (Å²) in [7, 11) is 0. The Bertz CT molecular complexity index is 657. The monoisotopic (exact) mass is 537 g/mol. The second-order valence-corrected chi connectivity index (χ2v) is 12.4. The molecule has 11 heteroatoms. The van der Waals surface area contributed by atoms with Gasteiger partial charge in [0.15, 0.2) is 0 Å². The molecule has 4 atom stereocenters. The molecule has 2 rings (SSSR count). The number of nitrogens with two attached hydrogens (primary N) is 1. The van der Waals surface area contributed by atoms with Crippen molar-refractivity contribution in [2.45, 2.75) is 121 Å². The molecule has 4 unspecified atom stereocenters. The molecular weight excluding hydrogens is 491 g/mol. The summed E-state index contributed by atoms with van der Waals surface area (Å²) in [5.74, 6) is 0.279. The molecule has 0 bridgehead atoms. The van der Waals surface area contributed by atoms with Crippen LogP contribution < -0.4 is 73.1 Å². The standard InChI is InChI=1S/C16H29N5O3S.C8H18N.K/c17-10(15(18)23)5-3-4-8-19-13(22)7-2-1-6-12-14-11(9-25-12)20-16(24)21-14;1-7(2,3)9-8(4,5)6;/h10-12,14H,1-9,17H2,(H5,18,19,20,21,22,23,24);1-6H3;/q;-1;+1/p-1. The number of hydrogen-bond donors (Lipinski definition) is 4. The van der Waals surface area contributed by atoms with Crippen molar-refractivity contribution in [3.63, 3.8) is 0 Å². The Morgan fingerprint density at radius 1 is 1.11 bits per heavy atom. The predicted octanol–water partition coefficient (Wildman–Crippen LogP) is 0.866. The van der Waals surface area contributed by atoms with Crippen LogP contribution in [0.3, 0.4) is 0 Å². The zero-order chi connectivity index (χ0) is 25.9. The molecule has 2 saturated heterocycles. The van der Waals surface area contributed by atoms with E-state index in [2.05, 4.69) is 62.8 Å². The summed E-state index contributed by atoms with van der Waals surface area (Å²) in [4.78, 5) is 33.8. The van der Waals surface area contributed by atoms with Gasteiger partial charge in [0.2, 0.25) is 5.91 Å². The van der Waals surface area contributed by atoms with Crippen molar-refractivity contribution in [3.05, 3.63) is 11.1 Å². The van der Waals surface area contributed by atoms with Crippen LogP contribution in [0.4, 0.5) is 4.79 Å². The van der Waals surface area contributed by atoms with Gasteiger partial charge in [-0.05, 0) is 32.1 Å². The molecule has 0 aromatic carbocycles. The number of unbranched alkanes of at least 4 members (excludes halogenated alkanes) is 2. The molecule has 2 heterocycles. The first-order chi connectivity index (χ1) is 15.7. The molecule has 9 nitrogen and oxygen atoms in total. The van der Waals surface area contributed by atoms with Crippen molar-refractivity contribution in [2.24, 2.45) is 5.73 Å². The molecule has 2 fully saturated rings. The van der Waals surface area contributed by atoms with E-state index in [-0.39, 0.29) is 86.5 Å². The number of hydrogen-bond acceptors (Lipinski definition) is 5. The summed E-state index contributed by atoms with van der Waals surface area (Å²) >= 11 is 1.89. The first kappa shape index (κ1) is 35.1. The van der Waals surface area contributed by atoms with E-state index in [1.54, 1.807) is 0 Å². The second kappa shape index (κ2) is 16.9. The van der Waals surface area contributed by atoms with Crippen molar-refractivity contribution in [3.8, 4) is 0 Å². The summed E-state index contributed by atoms with van der Waals surface area (Å²) in [5.41, 5.74) is 12.6. The Hall–Kier alpha value is 0.116. The predicted molar refractivity (Wildman–Crippen MR) is 141 cm³/mol. The Kier molecular flexibility index (Phi) is 16.9. The molecule has 2 aliphatic rings. The molecule has 0 aromatic rings. The topological polar surface area (TPSA) is 151 Å². The van der Waals surface area contributed by atoms with E-state index < -0.39 is 11.9 Å². The minimum absolute atomic E-state index is 0. The summed E-state index contributed by atoms with van der Waals surface area (Å²) in [6.45, 7) is 13.3.